The normalized spacial score (nSPS) is 22.1. The number of nitrogens with zero attached hydrogens (tertiary/aromatic N) is 1. The molecule has 0 bridgehead atoms. The molecular weight excluding hydrogens is 352 g/mol. The van der Waals surface area contributed by atoms with Crippen molar-refractivity contribution in [1.29, 1.82) is 0 Å². The van der Waals surface area contributed by atoms with Gasteiger partial charge in [-0.3, -0.25) is 14.4 Å². The average Bonchev–Trinajstić information content (AvgIpc) is 2.87. The number of piperidine rings is 1. The molecule has 1 aromatic rings. The highest BCUT2D eigenvalue weighted by atomic mass is 16.7. The summed E-state index contributed by atoms with van der Waals surface area (Å²) in [5.74, 6) is -0.786. The van der Waals surface area contributed by atoms with Crippen LogP contribution in [0.25, 0.3) is 0 Å². The number of rotatable bonds is 7. The Hall–Kier alpha value is -1.72. The maximum atomic E-state index is 13.4. The molecule has 2 aliphatic rings. The van der Waals surface area contributed by atoms with E-state index in [0.717, 1.165) is 35.3 Å². The Morgan fingerprint density at radius 3 is 2.32 bits per heavy atom. The van der Waals surface area contributed by atoms with Crippen molar-refractivity contribution in [3.05, 3.63) is 34.4 Å². The van der Waals surface area contributed by atoms with Crippen LogP contribution in [0.2, 0.25) is 0 Å². The molecule has 2 aliphatic heterocycles. The molecule has 5 nitrogen and oxygen atoms in total. The Balaban J connectivity index is 1.65. The second-order valence-corrected chi connectivity index (χ2v) is 8.50. The minimum Gasteiger partial charge on any atom is -0.343 e. The highest BCUT2D eigenvalue weighted by Gasteiger charge is 2.54. The number of unbranched alkanes of at least 4 members (excludes halogenated alkanes) is 3. The molecule has 0 radical (unpaired) electrons. The largest absolute Gasteiger partial charge is 0.343 e. The lowest BCUT2D eigenvalue weighted by Crippen LogP contribution is -2.54. The van der Waals surface area contributed by atoms with Gasteiger partial charge in [-0.15, -0.1) is 0 Å². The van der Waals surface area contributed by atoms with Gasteiger partial charge in [-0.25, -0.2) is 0 Å². The number of hydroxylamine groups is 2. The van der Waals surface area contributed by atoms with E-state index in [1.54, 1.807) is 0 Å². The predicted molar refractivity (Wildman–Crippen MR) is 110 cm³/mol. The first-order valence-electron chi connectivity index (χ1n) is 10.7. The maximum absolute atomic E-state index is 13.4. The van der Waals surface area contributed by atoms with Gasteiger partial charge in [0.05, 0.1) is 6.61 Å². The van der Waals surface area contributed by atoms with E-state index in [4.69, 9.17) is 4.84 Å². The van der Waals surface area contributed by atoms with Crippen molar-refractivity contribution < 1.29 is 14.4 Å². The summed E-state index contributed by atoms with van der Waals surface area (Å²) in [4.78, 5) is 32.1. The molecule has 154 valence electrons. The van der Waals surface area contributed by atoms with Crippen LogP contribution >= 0.6 is 0 Å². The van der Waals surface area contributed by atoms with Gasteiger partial charge in [0.15, 0.2) is 5.78 Å². The van der Waals surface area contributed by atoms with Crippen molar-refractivity contribution in [1.82, 2.24) is 10.4 Å². The molecule has 2 heterocycles. The standard InChI is InChI=1S/C23H34N2O3/c1-5-6-7-8-13-28-25-11-9-23(10-12-25)21(26)20(22(27)24-23)19-17(3)14-16(2)15-18(19)4/h14-15,20H,5-13H2,1-4H3,(H,24,27). The zero-order valence-electron chi connectivity index (χ0n) is 17.8. The van der Waals surface area contributed by atoms with Gasteiger partial charge in [-0.05, 0) is 56.7 Å². The Morgan fingerprint density at radius 1 is 1.07 bits per heavy atom. The van der Waals surface area contributed by atoms with E-state index in [0.29, 0.717) is 25.9 Å². The SMILES string of the molecule is CCCCCCON1CCC2(CC1)NC(=O)C(c1c(C)cc(C)cc1C)C2=O. The summed E-state index contributed by atoms with van der Waals surface area (Å²) >= 11 is 0. The first kappa shape index (κ1) is 21.0. The molecule has 28 heavy (non-hydrogen) atoms. The fraction of sp³-hybridized carbons (Fsp3) is 0.652. The van der Waals surface area contributed by atoms with Crippen LogP contribution in [0.1, 0.15) is 73.6 Å². The molecule has 1 atom stereocenters. The smallest absolute Gasteiger partial charge is 0.235 e. The summed E-state index contributed by atoms with van der Waals surface area (Å²) in [5.41, 5.74) is 3.36. The van der Waals surface area contributed by atoms with E-state index in [2.05, 4.69) is 24.4 Å². The van der Waals surface area contributed by atoms with Crippen molar-refractivity contribution in [3.8, 4) is 0 Å². The maximum Gasteiger partial charge on any atom is 0.235 e. The van der Waals surface area contributed by atoms with Gasteiger partial charge in [0.1, 0.15) is 11.5 Å². The van der Waals surface area contributed by atoms with Crippen molar-refractivity contribution in [3.63, 3.8) is 0 Å². The summed E-state index contributed by atoms with van der Waals surface area (Å²) < 4.78 is 0. The van der Waals surface area contributed by atoms with E-state index < -0.39 is 11.5 Å². The first-order chi connectivity index (χ1) is 13.4. The summed E-state index contributed by atoms with van der Waals surface area (Å²) in [5, 5.41) is 5.04. The fourth-order valence-electron chi connectivity index (χ4n) is 4.76. The number of aryl methyl sites for hydroxylation is 3. The molecule has 0 aliphatic carbocycles. The lowest BCUT2D eigenvalue weighted by molar-refractivity contribution is -0.179. The quantitative estimate of drug-likeness (QED) is 0.573. The number of carbonyl (C=O) groups is 2. The van der Waals surface area contributed by atoms with Crippen LogP contribution in [0.15, 0.2) is 12.1 Å². The van der Waals surface area contributed by atoms with Crippen LogP contribution in [-0.2, 0) is 14.4 Å². The molecule has 1 N–H and O–H groups in total. The molecule has 1 spiro atoms. The van der Waals surface area contributed by atoms with E-state index in [9.17, 15) is 9.59 Å². The van der Waals surface area contributed by atoms with Crippen molar-refractivity contribution in [2.75, 3.05) is 19.7 Å². The molecule has 1 unspecified atom stereocenters. The van der Waals surface area contributed by atoms with Crippen molar-refractivity contribution in [2.24, 2.45) is 0 Å². The molecule has 2 fully saturated rings. The van der Waals surface area contributed by atoms with E-state index in [1.165, 1.54) is 19.3 Å². The second kappa shape index (κ2) is 8.75. The lowest BCUT2D eigenvalue weighted by atomic mass is 9.79. The highest BCUT2D eigenvalue weighted by molar-refractivity contribution is 6.17. The van der Waals surface area contributed by atoms with Gasteiger partial charge in [0.2, 0.25) is 5.91 Å². The molecule has 1 amide bonds. The zero-order valence-corrected chi connectivity index (χ0v) is 17.8. The van der Waals surface area contributed by atoms with E-state index >= 15 is 0 Å². The predicted octanol–water partition coefficient (Wildman–Crippen LogP) is 3.74. The van der Waals surface area contributed by atoms with Crippen LogP contribution in [0.4, 0.5) is 0 Å². The minimum absolute atomic E-state index is 0.0372. The Labute approximate surface area is 168 Å². The molecule has 2 saturated heterocycles. The topological polar surface area (TPSA) is 58.6 Å². The van der Waals surface area contributed by atoms with Crippen molar-refractivity contribution >= 4 is 11.7 Å². The van der Waals surface area contributed by atoms with Gasteiger partial charge >= 0.3 is 0 Å². The number of amides is 1. The number of nitrogens with one attached hydrogen (secondary N) is 1. The molecular formula is C23H34N2O3. The van der Waals surface area contributed by atoms with E-state index in [-0.39, 0.29) is 11.7 Å². The van der Waals surface area contributed by atoms with Crippen molar-refractivity contribution in [2.45, 2.75) is 77.7 Å². The second-order valence-electron chi connectivity index (χ2n) is 8.50. The van der Waals surface area contributed by atoms with E-state index in [1.807, 2.05) is 25.8 Å². The number of hydrogen-bond acceptors (Lipinski definition) is 4. The van der Waals surface area contributed by atoms with Crippen LogP contribution in [0, 0.1) is 20.8 Å². The molecule has 1 aromatic carbocycles. The van der Waals surface area contributed by atoms with Gasteiger partial charge in [-0.1, -0.05) is 43.9 Å². The molecule has 0 saturated carbocycles. The molecule has 3 rings (SSSR count). The first-order valence-corrected chi connectivity index (χ1v) is 10.7. The van der Waals surface area contributed by atoms with Crippen LogP contribution in [0.3, 0.4) is 0 Å². The van der Waals surface area contributed by atoms with Gasteiger partial charge in [-0.2, -0.15) is 5.06 Å². The monoisotopic (exact) mass is 386 g/mol. The van der Waals surface area contributed by atoms with Crippen LogP contribution in [0.5, 0.6) is 0 Å². The zero-order chi connectivity index (χ0) is 20.3. The lowest BCUT2D eigenvalue weighted by Gasteiger charge is -2.37. The van der Waals surface area contributed by atoms with Gasteiger partial charge < -0.3 is 5.32 Å². The van der Waals surface area contributed by atoms with Crippen LogP contribution < -0.4 is 5.32 Å². The van der Waals surface area contributed by atoms with Gasteiger partial charge in [0.25, 0.3) is 0 Å². The van der Waals surface area contributed by atoms with Crippen LogP contribution in [-0.4, -0.2) is 42.0 Å². The Kier molecular flexibility index (Phi) is 6.56. The molecule has 0 aromatic heterocycles. The minimum atomic E-state index is -0.729. The number of Topliss-reactive ketones (excluding diaryl/α,β-unsaturated/α-hetero) is 1. The third-order valence-corrected chi connectivity index (χ3v) is 6.23. The number of ketones is 1. The fourth-order valence-corrected chi connectivity index (χ4v) is 4.76. The summed E-state index contributed by atoms with van der Waals surface area (Å²) in [6.45, 7) is 10.3. The summed E-state index contributed by atoms with van der Waals surface area (Å²) in [6.07, 6.45) is 5.96. The summed E-state index contributed by atoms with van der Waals surface area (Å²) in [6, 6.07) is 4.12. The Morgan fingerprint density at radius 2 is 1.71 bits per heavy atom. The highest BCUT2D eigenvalue weighted by Crippen LogP contribution is 2.38. The number of benzene rings is 1. The summed E-state index contributed by atoms with van der Waals surface area (Å²) in [7, 11) is 0. The third kappa shape index (κ3) is 4.15. The Bertz CT molecular complexity index is 712. The third-order valence-electron chi connectivity index (χ3n) is 6.23. The molecule has 5 heteroatoms. The average molecular weight is 387 g/mol. The van der Waals surface area contributed by atoms with Gasteiger partial charge in [0, 0.05) is 13.1 Å². The number of carbonyl (C=O) groups excluding carboxylic acids is 2. The number of hydrogen-bond donors (Lipinski definition) is 1.